The molecule has 1 amide bonds. The monoisotopic (exact) mass is 316 g/mol. The van der Waals surface area contributed by atoms with Crippen molar-refractivity contribution in [2.45, 2.75) is 38.8 Å². The molecule has 0 fully saturated rings. The Bertz CT molecular complexity index is 453. The number of hydrogen-bond acceptors (Lipinski definition) is 2. The van der Waals surface area contributed by atoms with E-state index < -0.39 is 17.3 Å². The van der Waals surface area contributed by atoms with E-state index in [2.05, 4.69) is 21.2 Å². The zero-order valence-electron chi connectivity index (χ0n) is 10.8. The third-order valence-corrected chi connectivity index (χ3v) is 3.60. The van der Waals surface area contributed by atoms with Crippen LogP contribution in [0.2, 0.25) is 0 Å². The maximum atomic E-state index is 14.0. The first-order valence-corrected chi connectivity index (χ1v) is 6.63. The summed E-state index contributed by atoms with van der Waals surface area (Å²) in [6, 6.07) is 4.65. The molecule has 0 saturated carbocycles. The van der Waals surface area contributed by atoms with Gasteiger partial charge in [-0.15, -0.1) is 0 Å². The van der Waals surface area contributed by atoms with Crippen LogP contribution in [0.25, 0.3) is 0 Å². The molecule has 0 heterocycles. The van der Waals surface area contributed by atoms with Gasteiger partial charge in [0.15, 0.2) is 0 Å². The summed E-state index contributed by atoms with van der Waals surface area (Å²) in [7, 11) is 0. The molecule has 2 unspecified atom stereocenters. The van der Waals surface area contributed by atoms with Crippen molar-refractivity contribution in [2.24, 2.45) is 5.73 Å². The summed E-state index contributed by atoms with van der Waals surface area (Å²) in [6.07, 6.45) is 0.820. The fraction of sp³-hybridized carbons (Fsp3) is 0.462. The van der Waals surface area contributed by atoms with Gasteiger partial charge < -0.3 is 5.73 Å². The van der Waals surface area contributed by atoms with E-state index in [1.54, 1.807) is 19.1 Å². The van der Waals surface area contributed by atoms with Crippen LogP contribution >= 0.6 is 15.9 Å². The van der Waals surface area contributed by atoms with Gasteiger partial charge in [0.2, 0.25) is 5.91 Å². The van der Waals surface area contributed by atoms with E-state index in [1.165, 1.54) is 6.07 Å². The Balaban J connectivity index is 3.22. The van der Waals surface area contributed by atoms with Crippen molar-refractivity contribution in [1.82, 2.24) is 5.32 Å². The molecule has 1 aromatic rings. The molecule has 0 aliphatic heterocycles. The number of hydrogen-bond donors (Lipinski definition) is 2. The van der Waals surface area contributed by atoms with Crippen molar-refractivity contribution >= 4 is 21.8 Å². The molecule has 3 nitrogen and oxygen atoms in total. The van der Waals surface area contributed by atoms with Crippen LogP contribution in [0.5, 0.6) is 0 Å². The number of carbonyl (C=O) groups excluding carboxylic acids is 1. The molecule has 0 aliphatic rings. The summed E-state index contributed by atoms with van der Waals surface area (Å²) in [5, 5.41) is 3.09. The number of amides is 1. The van der Waals surface area contributed by atoms with Crippen molar-refractivity contribution < 1.29 is 9.18 Å². The van der Waals surface area contributed by atoms with Gasteiger partial charge in [-0.3, -0.25) is 10.1 Å². The Morgan fingerprint density at radius 3 is 2.67 bits per heavy atom. The van der Waals surface area contributed by atoms with E-state index >= 15 is 0 Å². The predicted molar refractivity (Wildman–Crippen MR) is 73.5 cm³/mol. The van der Waals surface area contributed by atoms with Crippen LogP contribution in [0.3, 0.4) is 0 Å². The van der Waals surface area contributed by atoms with E-state index in [1.807, 2.05) is 13.8 Å². The first kappa shape index (κ1) is 15.1. The van der Waals surface area contributed by atoms with Crippen molar-refractivity contribution in [3.63, 3.8) is 0 Å². The highest BCUT2D eigenvalue weighted by atomic mass is 79.9. The van der Waals surface area contributed by atoms with Crippen LogP contribution in [0.15, 0.2) is 22.7 Å². The van der Waals surface area contributed by atoms with Crippen LogP contribution < -0.4 is 11.1 Å². The molecule has 0 saturated heterocycles. The molecule has 0 aliphatic carbocycles. The third-order valence-electron chi connectivity index (χ3n) is 3.11. The van der Waals surface area contributed by atoms with Crippen LogP contribution in [0.4, 0.5) is 4.39 Å². The molecule has 0 bridgehead atoms. The van der Waals surface area contributed by atoms with Crippen LogP contribution in [-0.2, 0) is 10.3 Å². The first-order valence-electron chi connectivity index (χ1n) is 5.84. The average Bonchev–Trinajstić information content (AvgIpc) is 2.28. The zero-order valence-corrected chi connectivity index (χ0v) is 12.3. The summed E-state index contributed by atoms with van der Waals surface area (Å²) in [5.74, 6) is -1.05. The van der Waals surface area contributed by atoms with E-state index in [0.29, 0.717) is 4.47 Å². The van der Waals surface area contributed by atoms with E-state index in [0.717, 1.165) is 6.42 Å². The van der Waals surface area contributed by atoms with Gasteiger partial charge in [-0.25, -0.2) is 4.39 Å². The van der Waals surface area contributed by atoms with Gasteiger partial charge in [0.1, 0.15) is 11.4 Å². The third kappa shape index (κ3) is 3.09. The minimum absolute atomic E-state index is 0.0607. The molecule has 100 valence electrons. The Labute approximate surface area is 115 Å². The van der Waals surface area contributed by atoms with E-state index in [4.69, 9.17) is 5.73 Å². The summed E-state index contributed by atoms with van der Waals surface area (Å²) in [6.45, 7) is 5.52. The second kappa shape index (κ2) is 5.80. The molecule has 0 spiro atoms. The molecule has 2 atom stereocenters. The number of nitrogens with one attached hydrogen (secondary N) is 1. The molecule has 5 heteroatoms. The molecule has 0 radical (unpaired) electrons. The fourth-order valence-corrected chi connectivity index (χ4v) is 2.10. The number of nitrogens with two attached hydrogens (primary N) is 1. The summed E-state index contributed by atoms with van der Waals surface area (Å²) >= 11 is 3.19. The highest BCUT2D eigenvalue weighted by Gasteiger charge is 2.36. The van der Waals surface area contributed by atoms with Gasteiger partial charge in [-0.05, 0) is 32.4 Å². The van der Waals surface area contributed by atoms with Gasteiger partial charge in [0.05, 0.1) is 0 Å². The van der Waals surface area contributed by atoms with Crippen molar-refractivity contribution in [2.75, 3.05) is 0 Å². The Hall–Kier alpha value is -0.940. The summed E-state index contributed by atoms with van der Waals surface area (Å²) < 4.78 is 14.6. The minimum Gasteiger partial charge on any atom is -0.368 e. The maximum absolute atomic E-state index is 14.0. The number of rotatable bonds is 5. The lowest BCUT2D eigenvalue weighted by Gasteiger charge is -2.31. The van der Waals surface area contributed by atoms with Crippen molar-refractivity contribution in [1.29, 1.82) is 0 Å². The highest BCUT2D eigenvalue weighted by molar-refractivity contribution is 9.10. The van der Waals surface area contributed by atoms with Crippen LogP contribution in [0.1, 0.15) is 32.8 Å². The number of primary amides is 1. The van der Waals surface area contributed by atoms with Gasteiger partial charge in [0.25, 0.3) is 0 Å². The molecule has 1 aromatic carbocycles. The summed E-state index contributed by atoms with van der Waals surface area (Å²) in [4.78, 5) is 11.7. The van der Waals surface area contributed by atoms with Gasteiger partial charge in [-0.1, -0.05) is 28.9 Å². The molecular formula is C13H18BrFN2O. The van der Waals surface area contributed by atoms with Gasteiger partial charge >= 0.3 is 0 Å². The van der Waals surface area contributed by atoms with Crippen LogP contribution in [-0.4, -0.2) is 11.9 Å². The first-order chi connectivity index (χ1) is 8.31. The number of benzene rings is 1. The normalized spacial score (nSPS) is 16.1. The Morgan fingerprint density at radius 1 is 1.61 bits per heavy atom. The molecular weight excluding hydrogens is 299 g/mol. The Kier molecular flexibility index (Phi) is 4.87. The average molecular weight is 317 g/mol. The van der Waals surface area contributed by atoms with Crippen molar-refractivity contribution in [3.05, 3.63) is 34.1 Å². The smallest absolute Gasteiger partial charge is 0.242 e. The maximum Gasteiger partial charge on any atom is 0.242 e. The minimum atomic E-state index is -1.21. The van der Waals surface area contributed by atoms with E-state index in [-0.39, 0.29) is 11.6 Å². The van der Waals surface area contributed by atoms with Crippen molar-refractivity contribution in [3.8, 4) is 0 Å². The van der Waals surface area contributed by atoms with Gasteiger partial charge in [0, 0.05) is 16.1 Å². The topological polar surface area (TPSA) is 55.1 Å². The summed E-state index contributed by atoms with van der Waals surface area (Å²) in [5.41, 5.74) is 4.49. The lowest BCUT2D eigenvalue weighted by molar-refractivity contribution is -0.124. The molecule has 18 heavy (non-hydrogen) atoms. The molecule has 3 N–H and O–H groups in total. The highest BCUT2D eigenvalue weighted by Crippen LogP contribution is 2.26. The number of carbonyl (C=O) groups is 1. The largest absolute Gasteiger partial charge is 0.368 e. The fourth-order valence-electron chi connectivity index (χ4n) is 1.77. The van der Waals surface area contributed by atoms with E-state index in [9.17, 15) is 9.18 Å². The quantitative estimate of drug-likeness (QED) is 0.877. The van der Waals surface area contributed by atoms with Crippen LogP contribution in [0, 0.1) is 5.82 Å². The lowest BCUT2D eigenvalue weighted by atomic mass is 9.89. The standard InChI is InChI=1S/C13H18BrFN2O/c1-4-8(2)17-13(3,12(16)18)10-6-5-9(14)7-11(10)15/h5-8,17H,4H2,1-3H3,(H2,16,18). The lowest BCUT2D eigenvalue weighted by Crippen LogP contribution is -2.53. The SMILES string of the molecule is CCC(C)NC(C)(C(N)=O)c1ccc(Br)cc1F. The Morgan fingerprint density at radius 2 is 2.22 bits per heavy atom. The molecule has 1 rings (SSSR count). The number of halogens is 2. The molecule has 0 aromatic heterocycles. The zero-order chi connectivity index (χ0) is 13.9. The predicted octanol–water partition coefficient (Wildman–Crippen LogP) is 2.68. The van der Waals surface area contributed by atoms with Gasteiger partial charge in [-0.2, -0.15) is 0 Å². The second-order valence-corrected chi connectivity index (χ2v) is 5.48. The second-order valence-electron chi connectivity index (χ2n) is 4.57.